The third-order valence-corrected chi connectivity index (χ3v) is 4.12. The summed E-state index contributed by atoms with van der Waals surface area (Å²) in [6.07, 6.45) is 0. The van der Waals surface area contributed by atoms with Crippen molar-refractivity contribution >= 4 is 17.5 Å². The number of amides is 2. The number of nitriles is 1. The lowest BCUT2D eigenvalue weighted by atomic mass is 9.92. The number of nitrogens with one attached hydrogen (secondary N) is 2. The molecular formula is C21H19F2N5O. The van der Waals surface area contributed by atoms with Crippen LogP contribution in [0.2, 0.25) is 0 Å². The van der Waals surface area contributed by atoms with Crippen molar-refractivity contribution in [2.45, 2.75) is 26.2 Å². The lowest BCUT2D eigenvalue weighted by Gasteiger charge is -2.14. The summed E-state index contributed by atoms with van der Waals surface area (Å²) in [5, 5.41) is 18.6. The minimum Gasteiger partial charge on any atom is -0.305 e. The van der Waals surface area contributed by atoms with Gasteiger partial charge in [-0.25, -0.2) is 18.3 Å². The summed E-state index contributed by atoms with van der Waals surface area (Å²) in [5.41, 5.74) is 1.13. The average Bonchev–Trinajstić information content (AvgIpc) is 3.09. The second-order valence-corrected chi connectivity index (χ2v) is 7.44. The molecule has 2 N–H and O–H groups in total. The number of urea groups is 1. The Kier molecular flexibility index (Phi) is 5.33. The molecule has 29 heavy (non-hydrogen) atoms. The summed E-state index contributed by atoms with van der Waals surface area (Å²) in [6, 6.07) is 12.5. The van der Waals surface area contributed by atoms with Gasteiger partial charge in [0.2, 0.25) is 0 Å². The topological polar surface area (TPSA) is 82.7 Å². The lowest BCUT2D eigenvalue weighted by molar-refractivity contribution is 0.262. The molecule has 1 heterocycles. The third-order valence-electron chi connectivity index (χ3n) is 4.12. The van der Waals surface area contributed by atoms with E-state index in [1.807, 2.05) is 20.8 Å². The van der Waals surface area contributed by atoms with Crippen LogP contribution >= 0.6 is 0 Å². The first-order valence-electron chi connectivity index (χ1n) is 8.81. The molecule has 0 aliphatic heterocycles. The zero-order chi connectivity index (χ0) is 21.2. The Balaban J connectivity index is 1.95. The molecule has 2 aromatic carbocycles. The minimum absolute atomic E-state index is 0.281. The normalized spacial score (nSPS) is 11.0. The van der Waals surface area contributed by atoms with Crippen LogP contribution in [0.1, 0.15) is 32.0 Å². The Labute approximate surface area is 166 Å². The van der Waals surface area contributed by atoms with E-state index in [2.05, 4.69) is 21.8 Å². The van der Waals surface area contributed by atoms with E-state index < -0.39 is 17.7 Å². The van der Waals surface area contributed by atoms with E-state index in [4.69, 9.17) is 5.26 Å². The third kappa shape index (κ3) is 4.58. The van der Waals surface area contributed by atoms with Gasteiger partial charge >= 0.3 is 6.03 Å². The van der Waals surface area contributed by atoms with Crippen LogP contribution < -0.4 is 10.6 Å². The van der Waals surface area contributed by atoms with E-state index in [9.17, 15) is 13.6 Å². The van der Waals surface area contributed by atoms with E-state index >= 15 is 0 Å². The van der Waals surface area contributed by atoms with Crippen molar-refractivity contribution in [3.63, 3.8) is 0 Å². The minimum atomic E-state index is -0.757. The van der Waals surface area contributed by atoms with Crippen LogP contribution in [0.15, 0.2) is 48.5 Å². The molecule has 0 spiro atoms. The van der Waals surface area contributed by atoms with Gasteiger partial charge in [0, 0.05) is 17.5 Å². The number of carbonyl (C=O) groups is 1. The SMILES string of the molecule is CC(C)(C)c1cc(NC(=O)Nc2cc(F)ccc2F)n(-c2cccc(C#N)c2)n1. The molecule has 3 aromatic rings. The van der Waals surface area contributed by atoms with Crippen molar-refractivity contribution < 1.29 is 13.6 Å². The fraction of sp³-hybridized carbons (Fsp3) is 0.190. The highest BCUT2D eigenvalue weighted by Crippen LogP contribution is 2.27. The summed E-state index contributed by atoms with van der Waals surface area (Å²) in [7, 11) is 0. The number of rotatable bonds is 3. The maximum atomic E-state index is 13.8. The fourth-order valence-corrected chi connectivity index (χ4v) is 2.60. The van der Waals surface area contributed by atoms with Crippen LogP contribution in [0.4, 0.5) is 25.1 Å². The summed E-state index contributed by atoms with van der Waals surface area (Å²) in [4.78, 5) is 12.4. The van der Waals surface area contributed by atoms with Crippen molar-refractivity contribution in [2.24, 2.45) is 0 Å². The van der Waals surface area contributed by atoms with Gasteiger partial charge in [-0.3, -0.25) is 5.32 Å². The number of anilines is 2. The first-order chi connectivity index (χ1) is 13.7. The van der Waals surface area contributed by atoms with Gasteiger partial charge in [-0.2, -0.15) is 10.4 Å². The van der Waals surface area contributed by atoms with Crippen molar-refractivity contribution in [1.29, 1.82) is 5.26 Å². The molecular weight excluding hydrogens is 376 g/mol. The number of hydrogen-bond acceptors (Lipinski definition) is 3. The molecule has 1 aromatic heterocycles. The van der Waals surface area contributed by atoms with Gasteiger partial charge in [0.25, 0.3) is 0 Å². The smallest absolute Gasteiger partial charge is 0.305 e. The number of halogens is 2. The molecule has 0 saturated carbocycles. The van der Waals surface area contributed by atoms with E-state index in [0.717, 1.165) is 18.2 Å². The molecule has 0 fully saturated rings. The van der Waals surface area contributed by atoms with E-state index in [1.165, 1.54) is 4.68 Å². The second-order valence-electron chi connectivity index (χ2n) is 7.44. The molecule has 0 bridgehead atoms. The molecule has 8 heteroatoms. The van der Waals surface area contributed by atoms with Crippen LogP contribution in [0.25, 0.3) is 5.69 Å². The summed E-state index contributed by atoms with van der Waals surface area (Å²) >= 11 is 0. The molecule has 0 atom stereocenters. The van der Waals surface area contributed by atoms with Gasteiger partial charge in [0.15, 0.2) is 0 Å². The predicted octanol–water partition coefficient (Wildman–Crippen LogP) is 4.96. The highest BCUT2D eigenvalue weighted by Gasteiger charge is 2.22. The summed E-state index contributed by atoms with van der Waals surface area (Å²) in [6.45, 7) is 5.91. The standard InChI is InChI=1S/C21H19F2N5O/c1-21(2,3)18-11-19(28(27-18)15-6-4-5-13(9-15)12-24)26-20(29)25-17-10-14(22)7-8-16(17)23/h4-11H,1-3H3,(H2,25,26,29). The van der Waals surface area contributed by atoms with Crippen LogP contribution in [0, 0.1) is 23.0 Å². The van der Waals surface area contributed by atoms with Gasteiger partial charge < -0.3 is 5.32 Å². The Bertz CT molecular complexity index is 1110. The van der Waals surface area contributed by atoms with Gasteiger partial charge in [-0.1, -0.05) is 26.8 Å². The maximum absolute atomic E-state index is 13.8. The Morgan fingerprint density at radius 1 is 1.10 bits per heavy atom. The fourth-order valence-electron chi connectivity index (χ4n) is 2.60. The molecule has 0 radical (unpaired) electrons. The van der Waals surface area contributed by atoms with Crippen LogP contribution in [-0.2, 0) is 5.41 Å². The molecule has 148 valence electrons. The predicted molar refractivity (Wildman–Crippen MR) is 106 cm³/mol. The second kappa shape index (κ2) is 7.72. The molecule has 0 unspecified atom stereocenters. The Morgan fingerprint density at radius 2 is 1.86 bits per heavy atom. The van der Waals surface area contributed by atoms with Crippen LogP contribution in [-0.4, -0.2) is 15.8 Å². The maximum Gasteiger partial charge on any atom is 0.324 e. The number of nitrogens with zero attached hydrogens (tertiary/aromatic N) is 3. The Hall–Kier alpha value is -3.73. The summed E-state index contributed by atoms with van der Waals surface area (Å²) < 4.78 is 28.6. The van der Waals surface area contributed by atoms with Gasteiger partial charge in [0.05, 0.1) is 28.7 Å². The van der Waals surface area contributed by atoms with E-state index in [1.54, 1.807) is 30.3 Å². The molecule has 0 aliphatic carbocycles. The largest absolute Gasteiger partial charge is 0.324 e. The molecule has 6 nitrogen and oxygen atoms in total. The number of carbonyl (C=O) groups excluding carboxylic acids is 1. The number of benzene rings is 2. The average molecular weight is 395 g/mol. The van der Waals surface area contributed by atoms with Crippen molar-refractivity contribution in [2.75, 3.05) is 10.6 Å². The Morgan fingerprint density at radius 3 is 2.55 bits per heavy atom. The zero-order valence-corrected chi connectivity index (χ0v) is 16.1. The monoisotopic (exact) mass is 395 g/mol. The van der Waals surface area contributed by atoms with E-state index in [0.29, 0.717) is 22.8 Å². The molecule has 2 amide bonds. The number of hydrogen-bond donors (Lipinski definition) is 2. The quantitative estimate of drug-likeness (QED) is 0.657. The highest BCUT2D eigenvalue weighted by molar-refractivity contribution is 5.99. The molecule has 0 aliphatic rings. The summed E-state index contributed by atoms with van der Waals surface area (Å²) in [5.74, 6) is -1.11. The van der Waals surface area contributed by atoms with Crippen LogP contribution in [0.3, 0.4) is 0 Å². The molecule has 3 rings (SSSR count). The first kappa shape index (κ1) is 20.0. The highest BCUT2D eigenvalue weighted by atomic mass is 19.1. The number of aromatic nitrogens is 2. The van der Waals surface area contributed by atoms with Gasteiger partial charge in [-0.05, 0) is 30.3 Å². The zero-order valence-electron chi connectivity index (χ0n) is 16.1. The van der Waals surface area contributed by atoms with E-state index in [-0.39, 0.29) is 11.1 Å². The molecule has 0 saturated heterocycles. The van der Waals surface area contributed by atoms with Crippen molar-refractivity contribution in [3.05, 3.63) is 71.4 Å². The van der Waals surface area contributed by atoms with Crippen molar-refractivity contribution in [3.8, 4) is 11.8 Å². The van der Waals surface area contributed by atoms with Gasteiger partial charge in [0.1, 0.15) is 17.5 Å². The van der Waals surface area contributed by atoms with Crippen LogP contribution in [0.5, 0.6) is 0 Å². The van der Waals surface area contributed by atoms with Crippen molar-refractivity contribution in [1.82, 2.24) is 9.78 Å². The lowest BCUT2D eigenvalue weighted by Crippen LogP contribution is -2.22. The van der Waals surface area contributed by atoms with Gasteiger partial charge in [-0.15, -0.1) is 0 Å². The first-order valence-corrected chi connectivity index (χ1v) is 8.81.